The number of methoxy groups -OCH3 is 1. The van der Waals surface area contributed by atoms with Gasteiger partial charge in [0, 0.05) is 16.7 Å². The lowest BCUT2D eigenvalue weighted by Gasteiger charge is -2.05. The summed E-state index contributed by atoms with van der Waals surface area (Å²) in [5, 5.41) is 0. The fourth-order valence-electron chi connectivity index (χ4n) is 1.33. The maximum Gasteiger partial charge on any atom is 0.338 e. The average Bonchev–Trinajstić information content (AvgIpc) is 2.41. The number of pyridine rings is 1. The SMILES string of the molecule is COC(=O)c1ccnc(Oc2ccc(Br)cc2)c1. The lowest BCUT2D eigenvalue weighted by atomic mass is 10.3. The second-order valence-electron chi connectivity index (χ2n) is 3.43. The molecule has 0 fully saturated rings. The van der Waals surface area contributed by atoms with Crippen LogP contribution in [-0.4, -0.2) is 18.1 Å². The number of esters is 1. The Morgan fingerprint density at radius 2 is 1.94 bits per heavy atom. The number of hydrogen-bond donors (Lipinski definition) is 0. The summed E-state index contributed by atoms with van der Waals surface area (Å²) in [6, 6.07) is 10.4. The van der Waals surface area contributed by atoms with Crippen LogP contribution in [0.15, 0.2) is 47.1 Å². The summed E-state index contributed by atoms with van der Waals surface area (Å²) in [6.45, 7) is 0. The average molecular weight is 308 g/mol. The molecular formula is C13H10BrNO3. The highest BCUT2D eigenvalue weighted by Crippen LogP contribution is 2.22. The second-order valence-corrected chi connectivity index (χ2v) is 4.35. The molecular weight excluding hydrogens is 298 g/mol. The number of nitrogens with zero attached hydrogens (tertiary/aromatic N) is 1. The van der Waals surface area contributed by atoms with Gasteiger partial charge in [-0.2, -0.15) is 0 Å². The van der Waals surface area contributed by atoms with Crippen molar-refractivity contribution in [2.75, 3.05) is 7.11 Å². The maximum atomic E-state index is 11.4. The Bertz CT molecular complexity index is 554. The van der Waals surface area contributed by atoms with E-state index in [1.165, 1.54) is 19.4 Å². The first-order valence-electron chi connectivity index (χ1n) is 5.17. The van der Waals surface area contributed by atoms with E-state index >= 15 is 0 Å². The van der Waals surface area contributed by atoms with Crippen molar-refractivity contribution in [3.05, 3.63) is 52.6 Å². The number of benzene rings is 1. The molecule has 0 saturated carbocycles. The Labute approximate surface area is 113 Å². The van der Waals surface area contributed by atoms with Crippen molar-refractivity contribution in [2.45, 2.75) is 0 Å². The van der Waals surface area contributed by atoms with Gasteiger partial charge in [0.2, 0.25) is 5.88 Å². The van der Waals surface area contributed by atoms with Crippen LogP contribution in [0.25, 0.3) is 0 Å². The number of hydrogen-bond acceptors (Lipinski definition) is 4. The van der Waals surface area contributed by atoms with Crippen LogP contribution in [-0.2, 0) is 4.74 Å². The molecule has 0 unspecified atom stereocenters. The minimum absolute atomic E-state index is 0.347. The van der Waals surface area contributed by atoms with Gasteiger partial charge in [0.25, 0.3) is 0 Å². The molecule has 2 aromatic rings. The van der Waals surface area contributed by atoms with Gasteiger partial charge in [0.05, 0.1) is 12.7 Å². The van der Waals surface area contributed by atoms with Crippen molar-refractivity contribution in [3.63, 3.8) is 0 Å². The molecule has 0 aliphatic rings. The molecule has 0 amide bonds. The number of halogens is 1. The van der Waals surface area contributed by atoms with Crippen LogP contribution in [0.1, 0.15) is 10.4 Å². The van der Waals surface area contributed by atoms with Gasteiger partial charge in [-0.25, -0.2) is 9.78 Å². The summed E-state index contributed by atoms with van der Waals surface area (Å²) in [6.07, 6.45) is 1.50. The fraction of sp³-hybridized carbons (Fsp3) is 0.0769. The van der Waals surface area contributed by atoms with E-state index in [1.807, 2.05) is 12.1 Å². The normalized spacial score (nSPS) is 9.89. The third-order valence-electron chi connectivity index (χ3n) is 2.19. The number of carbonyl (C=O) groups excluding carboxylic acids is 1. The lowest BCUT2D eigenvalue weighted by Crippen LogP contribution is -2.01. The molecule has 0 saturated heterocycles. The maximum absolute atomic E-state index is 11.4. The summed E-state index contributed by atoms with van der Waals surface area (Å²) < 4.78 is 11.1. The largest absolute Gasteiger partial charge is 0.465 e. The van der Waals surface area contributed by atoms with Crippen molar-refractivity contribution >= 4 is 21.9 Å². The van der Waals surface area contributed by atoms with E-state index in [9.17, 15) is 4.79 Å². The van der Waals surface area contributed by atoms with Crippen molar-refractivity contribution in [1.29, 1.82) is 0 Å². The van der Waals surface area contributed by atoms with Gasteiger partial charge >= 0.3 is 5.97 Å². The molecule has 18 heavy (non-hydrogen) atoms. The van der Waals surface area contributed by atoms with Crippen molar-refractivity contribution in [1.82, 2.24) is 4.98 Å². The molecule has 5 heteroatoms. The molecule has 0 aliphatic heterocycles. The van der Waals surface area contributed by atoms with E-state index in [1.54, 1.807) is 18.2 Å². The first-order valence-corrected chi connectivity index (χ1v) is 5.96. The number of carbonyl (C=O) groups is 1. The van der Waals surface area contributed by atoms with Gasteiger partial charge in [-0.05, 0) is 30.3 Å². The van der Waals surface area contributed by atoms with E-state index in [-0.39, 0.29) is 0 Å². The van der Waals surface area contributed by atoms with Crippen LogP contribution in [0, 0.1) is 0 Å². The predicted octanol–water partition coefficient (Wildman–Crippen LogP) is 3.42. The van der Waals surface area contributed by atoms with Crippen LogP contribution >= 0.6 is 15.9 Å². The van der Waals surface area contributed by atoms with E-state index < -0.39 is 5.97 Å². The molecule has 0 N–H and O–H groups in total. The summed E-state index contributed by atoms with van der Waals surface area (Å²) >= 11 is 3.34. The minimum Gasteiger partial charge on any atom is -0.465 e. The zero-order chi connectivity index (χ0) is 13.0. The van der Waals surface area contributed by atoms with Crippen molar-refractivity contribution in [2.24, 2.45) is 0 Å². The molecule has 0 aliphatic carbocycles. The Morgan fingerprint density at radius 3 is 2.61 bits per heavy atom. The molecule has 1 aromatic heterocycles. The summed E-state index contributed by atoms with van der Waals surface area (Å²) in [7, 11) is 1.33. The first-order chi connectivity index (χ1) is 8.69. The van der Waals surface area contributed by atoms with Gasteiger partial charge in [-0.1, -0.05) is 15.9 Å². The molecule has 0 radical (unpaired) electrons. The Morgan fingerprint density at radius 1 is 1.22 bits per heavy atom. The highest BCUT2D eigenvalue weighted by atomic mass is 79.9. The lowest BCUT2D eigenvalue weighted by molar-refractivity contribution is 0.0600. The summed E-state index contributed by atoms with van der Waals surface area (Å²) in [5.41, 5.74) is 0.402. The monoisotopic (exact) mass is 307 g/mol. The molecule has 1 heterocycles. The van der Waals surface area contributed by atoms with Crippen LogP contribution < -0.4 is 4.74 Å². The zero-order valence-corrected chi connectivity index (χ0v) is 11.2. The zero-order valence-electron chi connectivity index (χ0n) is 9.59. The standard InChI is InChI=1S/C13H10BrNO3/c1-17-13(16)9-6-7-15-12(8-9)18-11-4-2-10(14)3-5-11/h2-8H,1H3. The quantitative estimate of drug-likeness (QED) is 0.815. The summed E-state index contributed by atoms with van der Waals surface area (Å²) in [4.78, 5) is 15.4. The minimum atomic E-state index is -0.418. The number of ether oxygens (including phenoxy) is 2. The van der Waals surface area contributed by atoms with Gasteiger partial charge < -0.3 is 9.47 Å². The van der Waals surface area contributed by atoms with E-state index in [2.05, 4.69) is 25.7 Å². The van der Waals surface area contributed by atoms with E-state index in [0.29, 0.717) is 17.2 Å². The molecule has 2 rings (SSSR count). The third-order valence-corrected chi connectivity index (χ3v) is 2.72. The van der Waals surface area contributed by atoms with Crippen LogP contribution in [0.2, 0.25) is 0 Å². The molecule has 0 atom stereocenters. The smallest absolute Gasteiger partial charge is 0.338 e. The summed E-state index contributed by atoms with van der Waals surface area (Å²) in [5.74, 6) is 0.575. The number of rotatable bonds is 3. The molecule has 0 spiro atoms. The predicted molar refractivity (Wildman–Crippen MR) is 69.8 cm³/mol. The molecule has 1 aromatic carbocycles. The second kappa shape index (κ2) is 5.64. The van der Waals surface area contributed by atoms with Gasteiger partial charge in [0.1, 0.15) is 5.75 Å². The molecule has 0 bridgehead atoms. The van der Waals surface area contributed by atoms with Crippen LogP contribution in [0.3, 0.4) is 0 Å². The van der Waals surface area contributed by atoms with Crippen molar-refractivity contribution in [3.8, 4) is 11.6 Å². The highest BCUT2D eigenvalue weighted by molar-refractivity contribution is 9.10. The third kappa shape index (κ3) is 3.07. The van der Waals surface area contributed by atoms with Gasteiger partial charge in [-0.3, -0.25) is 0 Å². The fourth-order valence-corrected chi connectivity index (χ4v) is 1.60. The van der Waals surface area contributed by atoms with Crippen molar-refractivity contribution < 1.29 is 14.3 Å². The van der Waals surface area contributed by atoms with Crippen LogP contribution in [0.4, 0.5) is 0 Å². The molecule has 4 nitrogen and oxygen atoms in total. The Balaban J connectivity index is 2.19. The number of aromatic nitrogens is 1. The van der Waals surface area contributed by atoms with E-state index in [4.69, 9.17) is 4.74 Å². The van der Waals surface area contributed by atoms with E-state index in [0.717, 1.165) is 4.47 Å². The topological polar surface area (TPSA) is 48.4 Å². The Kier molecular flexibility index (Phi) is 3.94. The molecule has 92 valence electrons. The van der Waals surface area contributed by atoms with Gasteiger partial charge in [-0.15, -0.1) is 0 Å². The highest BCUT2D eigenvalue weighted by Gasteiger charge is 2.07. The first kappa shape index (κ1) is 12.6. The Hall–Kier alpha value is -1.88. The van der Waals surface area contributed by atoms with Crippen LogP contribution in [0.5, 0.6) is 11.6 Å². The van der Waals surface area contributed by atoms with Gasteiger partial charge in [0.15, 0.2) is 0 Å².